The van der Waals surface area contributed by atoms with Crippen molar-refractivity contribution in [3.05, 3.63) is 59.4 Å². The van der Waals surface area contributed by atoms with Crippen LogP contribution in [0.5, 0.6) is 0 Å². The lowest BCUT2D eigenvalue weighted by Crippen LogP contribution is -2.51. The van der Waals surface area contributed by atoms with Gasteiger partial charge >= 0.3 is 0 Å². The highest BCUT2D eigenvalue weighted by Gasteiger charge is 2.48. The zero-order valence-electron chi connectivity index (χ0n) is 19.0. The van der Waals surface area contributed by atoms with Crippen molar-refractivity contribution in [3.63, 3.8) is 0 Å². The number of likely N-dealkylation sites (tertiary alicyclic amines) is 1. The number of halogens is 4. The number of carbonyl (C=O) groups excluding carboxylic acids is 1. The summed E-state index contributed by atoms with van der Waals surface area (Å²) in [6, 6.07) is 5.17. The quantitative estimate of drug-likeness (QED) is 0.576. The summed E-state index contributed by atoms with van der Waals surface area (Å²) in [4.78, 5) is 14.3. The molecule has 0 aliphatic carbocycles. The summed E-state index contributed by atoms with van der Waals surface area (Å²) in [5.41, 5.74) is -0.470. The summed E-state index contributed by atoms with van der Waals surface area (Å²) in [6.07, 6.45) is -1.63. The molecule has 1 amide bonds. The van der Waals surface area contributed by atoms with E-state index in [0.717, 1.165) is 6.07 Å². The zero-order chi connectivity index (χ0) is 25.3. The summed E-state index contributed by atoms with van der Waals surface area (Å²) >= 11 is 0. The van der Waals surface area contributed by atoms with Crippen molar-refractivity contribution in [2.75, 3.05) is 18.9 Å². The highest BCUT2D eigenvalue weighted by Crippen LogP contribution is 2.32. The first kappa shape index (κ1) is 25.6. The predicted octanol–water partition coefficient (Wildman–Crippen LogP) is 3.35. The lowest BCUT2D eigenvalue weighted by molar-refractivity contribution is -0.142. The Morgan fingerprint density at radius 1 is 1.11 bits per heavy atom. The van der Waals surface area contributed by atoms with Crippen LogP contribution in [0.2, 0.25) is 0 Å². The lowest BCUT2D eigenvalue weighted by Gasteiger charge is -2.30. The van der Waals surface area contributed by atoms with Gasteiger partial charge in [0, 0.05) is 17.7 Å². The largest absolute Gasteiger partial charge is 0.368 e. The second kappa shape index (κ2) is 10.2. The van der Waals surface area contributed by atoms with Gasteiger partial charge in [0.25, 0.3) is 5.91 Å². The number of nitrogens with one attached hydrogen (secondary N) is 1. The number of sulfonamides is 1. The number of hydrogen-bond acceptors (Lipinski definition) is 4. The van der Waals surface area contributed by atoms with E-state index in [4.69, 9.17) is 4.74 Å². The summed E-state index contributed by atoms with van der Waals surface area (Å²) in [5.74, 6) is -3.99. The SMILES string of the molecule is CCS(=O)(=O)N[C@H]1[C@@H](F)CN(C(=O)[C@H]2CCCO2)[C@H]1Cc1cccc(-c2cccc(F)c2F)c1F. The van der Waals surface area contributed by atoms with Gasteiger partial charge in [0.1, 0.15) is 18.1 Å². The molecule has 35 heavy (non-hydrogen) atoms. The minimum absolute atomic E-state index is 0.0103. The fourth-order valence-corrected chi connectivity index (χ4v) is 5.53. The van der Waals surface area contributed by atoms with Crippen molar-refractivity contribution in [1.82, 2.24) is 9.62 Å². The molecule has 0 bridgehead atoms. The van der Waals surface area contributed by atoms with E-state index in [1.807, 2.05) is 0 Å². The average Bonchev–Trinajstić information content (AvgIpc) is 3.46. The van der Waals surface area contributed by atoms with Crippen molar-refractivity contribution in [1.29, 1.82) is 0 Å². The summed E-state index contributed by atoms with van der Waals surface area (Å²) < 4.78 is 91.0. The molecule has 2 aliphatic heterocycles. The maximum Gasteiger partial charge on any atom is 0.252 e. The Labute approximate surface area is 201 Å². The number of amides is 1. The van der Waals surface area contributed by atoms with Gasteiger partial charge in [0.05, 0.1) is 24.4 Å². The van der Waals surface area contributed by atoms with E-state index in [1.165, 1.54) is 42.2 Å². The van der Waals surface area contributed by atoms with Gasteiger partial charge in [-0.2, -0.15) is 0 Å². The Balaban J connectivity index is 1.71. The summed E-state index contributed by atoms with van der Waals surface area (Å²) in [7, 11) is -3.85. The first-order chi connectivity index (χ1) is 16.6. The molecule has 0 unspecified atom stereocenters. The Morgan fingerprint density at radius 3 is 2.46 bits per heavy atom. The zero-order valence-corrected chi connectivity index (χ0v) is 19.8. The molecule has 2 aliphatic rings. The molecule has 0 saturated carbocycles. The summed E-state index contributed by atoms with van der Waals surface area (Å²) in [6.45, 7) is 1.40. The van der Waals surface area contributed by atoms with Gasteiger partial charge in [0.15, 0.2) is 11.6 Å². The number of carbonyl (C=O) groups is 1. The average molecular weight is 515 g/mol. The Kier molecular flexibility index (Phi) is 7.48. The second-order valence-corrected chi connectivity index (χ2v) is 10.7. The molecule has 0 spiro atoms. The first-order valence-electron chi connectivity index (χ1n) is 11.4. The Morgan fingerprint density at radius 2 is 1.80 bits per heavy atom. The molecule has 1 N–H and O–H groups in total. The molecule has 4 rings (SSSR count). The standard InChI is InChI=1S/C24H26F4N2O4S/c1-2-35(32,33)29-23-18(26)13-30(24(31)20-10-5-11-34-20)19(23)12-14-6-3-7-15(21(14)27)16-8-4-9-17(25)22(16)28/h3-4,6-9,18-20,23,29H,2,5,10-13H2,1H3/t18-,19-,20+,23-/m0/s1. The molecule has 2 saturated heterocycles. The van der Waals surface area contributed by atoms with E-state index in [-0.39, 0.29) is 35.4 Å². The Hall–Kier alpha value is -2.50. The molecule has 2 fully saturated rings. The number of nitrogens with zero attached hydrogens (tertiary/aromatic N) is 1. The van der Waals surface area contributed by atoms with Crippen LogP contribution in [0.3, 0.4) is 0 Å². The number of rotatable bonds is 7. The third-order valence-electron chi connectivity index (χ3n) is 6.51. The van der Waals surface area contributed by atoms with Gasteiger partial charge < -0.3 is 9.64 Å². The highest BCUT2D eigenvalue weighted by molar-refractivity contribution is 7.89. The van der Waals surface area contributed by atoms with Crippen LogP contribution in [0.4, 0.5) is 17.6 Å². The molecule has 4 atom stereocenters. The molecule has 190 valence electrons. The van der Waals surface area contributed by atoms with Crippen LogP contribution in [0.1, 0.15) is 25.3 Å². The number of alkyl halides is 1. The molecule has 6 nitrogen and oxygen atoms in total. The van der Waals surface area contributed by atoms with Gasteiger partial charge in [-0.05, 0) is 37.8 Å². The van der Waals surface area contributed by atoms with E-state index in [9.17, 15) is 22.0 Å². The molecule has 2 aromatic rings. The fourth-order valence-electron chi connectivity index (χ4n) is 4.65. The molecule has 0 radical (unpaired) electrons. The van der Waals surface area contributed by atoms with Crippen molar-refractivity contribution >= 4 is 15.9 Å². The van der Waals surface area contributed by atoms with E-state index >= 15 is 8.78 Å². The summed E-state index contributed by atoms with van der Waals surface area (Å²) in [5, 5.41) is 0. The van der Waals surface area contributed by atoms with E-state index in [1.54, 1.807) is 0 Å². The van der Waals surface area contributed by atoms with Crippen LogP contribution in [-0.2, 0) is 26.0 Å². The molecular formula is C24H26F4N2O4S. The first-order valence-corrected chi connectivity index (χ1v) is 13.1. The van der Waals surface area contributed by atoms with Crippen LogP contribution in [0, 0.1) is 17.5 Å². The fraction of sp³-hybridized carbons (Fsp3) is 0.458. The molecule has 2 aromatic carbocycles. The molecule has 0 aromatic heterocycles. The lowest BCUT2D eigenvalue weighted by atomic mass is 9.95. The molecular weight excluding hydrogens is 488 g/mol. The monoisotopic (exact) mass is 514 g/mol. The van der Waals surface area contributed by atoms with Crippen molar-refractivity contribution < 1.29 is 35.5 Å². The van der Waals surface area contributed by atoms with Gasteiger partial charge in [-0.3, -0.25) is 4.79 Å². The maximum atomic E-state index is 15.5. The van der Waals surface area contributed by atoms with Crippen LogP contribution in [0.15, 0.2) is 36.4 Å². The van der Waals surface area contributed by atoms with Gasteiger partial charge in [0.2, 0.25) is 10.0 Å². The molecule has 2 heterocycles. The number of hydrogen-bond donors (Lipinski definition) is 1. The normalized spacial score (nSPS) is 24.8. The smallest absolute Gasteiger partial charge is 0.252 e. The highest BCUT2D eigenvalue weighted by atomic mass is 32.2. The minimum Gasteiger partial charge on any atom is -0.368 e. The Bertz CT molecular complexity index is 1200. The molecule has 11 heteroatoms. The van der Waals surface area contributed by atoms with Crippen molar-refractivity contribution in [3.8, 4) is 11.1 Å². The predicted molar refractivity (Wildman–Crippen MR) is 121 cm³/mol. The van der Waals surface area contributed by atoms with Crippen LogP contribution < -0.4 is 4.72 Å². The second-order valence-electron chi connectivity index (χ2n) is 8.71. The van der Waals surface area contributed by atoms with E-state index in [0.29, 0.717) is 19.4 Å². The third-order valence-corrected chi connectivity index (χ3v) is 7.90. The van der Waals surface area contributed by atoms with E-state index < -0.39 is 57.7 Å². The minimum atomic E-state index is -3.85. The van der Waals surface area contributed by atoms with Gasteiger partial charge in [-0.25, -0.2) is 30.7 Å². The van der Waals surface area contributed by atoms with Crippen LogP contribution in [0.25, 0.3) is 11.1 Å². The van der Waals surface area contributed by atoms with Crippen molar-refractivity contribution in [2.45, 2.75) is 50.5 Å². The van der Waals surface area contributed by atoms with Crippen molar-refractivity contribution in [2.24, 2.45) is 0 Å². The van der Waals surface area contributed by atoms with E-state index in [2.05, 4.69) is 4.72 Å². The van der Waals surface area contributed by atoms with Gasteiger partial charge in [-0.15, -0.1) is 0 Å². The van der Waals surface area contributed by atoms with Crippen LogP contribution in [-0.4, -0.2) is 62.5 Å². The van der Waals surface area contributed by atoms with Gasteiger partial charge in [-0.1, -0.05) is 30.3 Å². The topological polar surface area (TPSA) is 75.7 Å². The maximum absolute atomic E-state index is 15.5. The third kappa shape index (κ3) is 5.22. The number of ether oxygens (including phenoxy) is 1. The number of benzene rings is 2. The van der Waals surface area contributed by atoms with Crippen LogP contribution >= 0.6 is 0 Å².